The van der Waals surface area contributed by atoms with Gasteiger partial charge in [0.05, 0.1) is 12.0 Å². The van der Waals surface area contributed by atoms with Gasteiger partial charge in [-0.1, -0.05) is 0 Å². The number of carbonyl (C=O) groups is 1. The maximum Gasteiger partial charge on any atom is 0.405 e. The predicted molar refractivity (Wildman–Crippen MR) is 87.1 cm³/mol. The molecule has 2 aromatic heterocycles. The van der Waals surface area contributed by atoms with Crippen LogP contribution >= 0.6 is 0 Å². The number of aromatic nitrogens is 4. The molecule has 3 rings (SSSR count). The van der Waals surface area contributed by atoms with Gasteiger partial charge in [0.15, 0.2) is 0 Å². The number of nitrogens with zero attached hydrogens (tertiary/aromatic N) is 4. The summed E-state index contributed by atoms with van der Waals surface area (Å²) in [4.78, 5) is 18.8. The maximum atomic E-state index is 12.8. The number of alkyl halides is 3. The standard InChI is InChI=1S/C16H21F3N6O/c1-12-7-13(23-22-12)8-24-5-2-3-15(10-24,25-6-4-20-11-25)14(26)21-9-16(17,18)19/h4,6-7,11H,2-3,5,8-10H2,1H3,(H,21,26)(H,22,23). The van der Waals surface area contributed by atoms with Gasteiger partial charge in [-0.2, -0.15) is 18.3 Å². The maximum absolute atomic E-state index is 12.8. The number of amides is 1. The van der Waals surface area contributed by atoms with Crippen molar-refractivity contribution in [2.75, 3.05) is 19.6 Å². The number of rotatable bonds is 5. The smallest absolute Gasteiger partial charge is 0.345 e. The summed E-state index contributed by atoms with van der Waals surface area (Å²) in [6.07, 6.45) is 1.30. The third-order valence-corrected chi connectivity index (χ3v) is 4.57. The minimum atomic E-state index is -4.45. The number of nitrogens with one attached hydrogen (secondary N) is 2. The second-order valence-electron chi connectivity index (χ2n) is 6.66. The Kier molecular flexibility index (Phi) is 5.03. The second kappa shape index (κ2) is 7.10. The lowest BCUT2D eigenvalue weighted by molar-refractivity contribution is -0.146. The Morgan fingerprint density at radius 2 is 2.27 bits per heavy atom. The van der Waals surface area contributed by atoms with Gasteiger partial charge in [-0.25, -0.2) is 4.98 Å². The summed E-state index contributed by atoms with van der Waals surface area (Å²) in [6, 6.07) is 1.91. The molecule has 1 aliphatic rings. The first-order chi connectivity index (χ1) is 12.3. The lowest BCUT2D eigenvalue weighted by Crippen LogP contribution is -2.58. The number of imidazole rings is 1. The minimum absolute atomic E-state index is 0.291. The first-order valence-corrected chi connectivity index (χ1v) is 8.35. The van der Waals surface area contributed by atoms with Crippen molar-refractivity contribution in [1.29, 1.82) is 0 Å². The van der Waals surface area contributed by atoms with Gasteiger partial charge >= 0.3 is 6.18 Å². The Morgan fingerprint density at radius 1 is 1.46 bits per heavy atom. The van der Waals surface area contributed by atoms with Gasteiger partial charge in [0.25, 0.3) is 0 Å². The van der Waals surface area contributed by atoms with Crippen LogP contribution in [0, 0.1) is 6.92 Å². The molecule has 0 aliphatic carbocycles. The Labute approximate surface area is 148 Å². The van der Waals surface area contributed by atoms with Gasteiger partial charge < -0.3 is 9.88 Å². The molecule has 10 heteroatoms. The Hall–Kier alpha value is -2.36. The van der Waals surface area contributed by atoms with E-state index in [0.29, 0.717) is 25.9 Å². The van der Waals surface area contributed by atoms with Crippen LogP contribution in [0.5, 0.6) is 0 Å². The fourth-order valence-corrected chi connectivity index (χ4v) is 3.41. The van der Waals surface area contributed by atoms with Crippen molar-refractivity contribution < 1.29 is 18.0 Å². The molecule has 1 fully saturated rings. The van der Waals surface area contributed by atoms with E-state index in [2.05, 4.69) is 15.2 Å². The van der Waals surface area contributed by atoms with Crippen LogP contribution in [0.15, 0.2) is 24.8 Å². The van der Waals surface area contributed by atoms with E-state index in [-0.39, 0.29) is 0 Å². The third kappa shape index (κ3) is 4.06. The quantitative estimate of drug-likeness (QED) is 0.838. The highest BCUT2D eigenvalue weighted by Gasteiger charge is 2.44. The minimum Gasteiger partial charge on any atom is -0.345 e. The number of aromatic amines is 1. The van der Waals surface area contributed by atoms with E-state index in [4.69, 9.17) is 0 Å². The van der Waals surface area contributed by atoms with Gasteiger partial charge in [0.2, 0.25) is 5.91 Å². The molecular formula is C16H21F3N6O. The molecule has 2 N–H and O–H groups in total. The van der Waals surface area contributed by atoms with E-state index in [9.17, 15) is 18.0 Å². The fraction of sp³-hybridized carbons (Fsp3) is 0.562. The van der Waals surface area contributed by atoms with Gasteiger partial charge in [-0.3, -0.25) is 14.8 Å². The zero-order valence-electron chi connectivity index (χ0n) is 14.4. The van der Waals surface area contributed by atoms with E-state index in [1.807, 2.05) is 23.2 Å². The zero-order valence-corrected chi connectivity index (χ0v) is 14.4. The zero-order chi connectivity index (χ0) is 18.8. The summed E-state index contributed by atoms with van der Waals surface area (Å²) in [5.41, 5.74) is 0.645. The number of aryl methyl sites for hydroxylation is 1. The van der Waals surface area contributed by atoms with Crippen molar-refractivity contribution in [3.8, 4) is 0 Å². The van der Waals surface area contributed by atoms with Crippen LogP contribution in [0.1, 0.15) is 24.2 Å². The molecular weight excluding hydrogens is 349 g/mol. The van der Waals surface area contributed by atoms with Crippen molar-refractivity contribution in [3.63, 3.8) is 0 Å². The van der Waals surface area contributed by atoms with Crippen LogP contribution in [0.2, 0.25) is 0 Å². The van der Waals surface area contributed by atoms with Crippen molar-refractivity contribution >= 4 is 5.91 Å². The van der Waals surface area contributed by atoms with Crippen LogP contribution in [0.25, 0.3) is 0 Å². The number of likely N-dealkylation sites (tertiary alicyclic amines) is 1. The SMILES string of the molecule is Cc1cc(CN2CCCC(C(=O)NCC(F)(F)F)(n3ccnc3)C2)n[nH]1. The third-order valence-electron chi connectivity index (χ3n) is 4.57. The monoisotopic (exact) mass is 370 g/mol. The highest BCUT2D eigenvalue weighted by atomic mass is 19.4. The number of H-pyrrole nitrogens is 1. The largest absolute Gasteiger partial charge is 0.405 e. The first kappa shape index (κ1) is 18.4. The number of carbonyl (C=O) groups excluding carboxylic acids is 1. The summed E-state index contributed by atoms with van der Waals surface area (Å²) in [6.45, 7) is 2.11. The predicted octanol–water partition coefficient (Wildman–Crippen LogP) is 1.58. The highest BCUT2D eigenvalue weighted by molar-refractivity contribution is 5.85. The average Bonchev–Trinajstić information content (AvgIpc) is 3.24. The van der Waals surface area contributed by atoms with Crippen LogP contribution in [0.3, 0.4) is 0 Å². The topological polar surface area (TPSA) is 78.8 Å². The number of halogens is 3. The molecule has 0 bridgehead atoms. The van der Waals surface area contributed by atoms with Crippen LogP contribution in [0.4, 0.5) is 13.2 Å². The van der Waals surface area contributed by atoms with E-state index in [1.165, 1.54) is 12.5 Å². The molecule has 3 heterocycles. The summed E-state index contributed by atoms with van der Waals surface area (Å²) in [7, 11) is 0. The molecule has 1 atom stereocenters. The Bertz CT molecular complexity index is 742. The van der Waals surface area contributed by atoms with E-state index < -0.39 is 24.2 Å². The number of piperidine rings is 1. The number of hydrogen-bond donors (Lipinski definition) is 2. The number of hydrogen-bond acceptors (Lipinski definition) is 4. The molecule has 1 amide bonds. The molecule has 0 saturated carbocycles. The summed E-state index contributed by atoms with van der Waals surface area (Å²) < 4.78 is 39.3. The van der Waals surface area contributed by atoms with Crippen LogP contribution in [-0.2, 0) is 16.9 Å². The van der Waals surface area contributed by atoms with E-state index in [0.717, 1.165) is 17.9 Å². The van der Waals surface area contributed by atoms with Crippen molar-refractivity contribution in [2.45, 2.75) is 38.0 Å². The first-order valence-electron chi connectivity index (χ1n) is 8.35. The Morgan fingerprint density at radius 3 is 2.88 bits per heavy atom. The van der Waals surface area contributed by atoms with E-state index >= 15 is 0 Å². The van der Waals surface area contributed by atoms with Crippen molar-refractivity contribution in [2.24, 2.45) is 0 Å². The Balaban J connectivity index is 1.80. The van der Waals surface area contributed by atoms with Gasteiger partial charge in [0, 0.05) is 31.2 Å². The molecule has 2 aromatic rings. The van der Waals surface area contributed by atoms with Crippen LogP contribution < -0.4 is 5.32 Å². The molecule has 1 saturated heterocycles. The normalized spacial score (nSPS) is 21.7. The molecule has 1 unspecified atom stereocenters. The second-order valence-corrected chi connectivity index (χ2v) is 6.66. The van der Waals surface area contributed by atoms with Gasteiger partial charge in [-0.15, -0.1) is 0 Å². The molecule has 7 nitrogen and oxygen atoms in total. The highest BCUT2D eigenvalue weighted by Crippen LogP contribution is 2.30. The summed E-state index contributed by atoms with van der Waals surface area (Å²) in [5.74, 6) is -0.643. The molecule has 0 radical (unpaired) electrons. The molecule has 0 aromatic carbocycles. The summed E-state index contributed by atoms with van der Waals surface area (Å²) >= 11 is 0. The molecule has 1 aliphatic heterocycles. The molecule has 0 spiro atoms. The van der Waals surface area contributed by atoms with Crippen LogP contribution in [-0.4, -0.2) is 56.4 Å². The van der Waals surface area contributed by atoms with Gasteiger partial charge in [0.1, 0.15) is 12.1 Å². The molecule has 26 heavy (non-hydrogen) atoms. The summed E-state index contributed by atoms with van der Waals surface area (Å²) in [5, 5.41) is 9.12. The van der Waals surface area contributed by atoms with E-state index in [1.54, 1.807) is 10.8 Å². The molecule has 142 valence electrons. The lowest BCUT2D eigenvalue weighted by atomic mass is 9.87. The lowest BCUT2D eigenvalue weighted by Gasteiger charge is -2.42. The van der Waals surface area contributed by atoms with Crippen molar-refractivity contribution in [1.82, 2.24) is 30.0 Å². The fourth-order valence-electron chi connectivity index (χ4n) is 3.41. The van der Waals surface area contributed by atoms with Crippen molar-refractivity contribution in [3.05, 3.63) is 36.2 Å². The average molecular weight is 370 g/mol. The van der Waals surface area contributed by atoms with Gasteiger partial charge in [-0.05, 0) is 32.4 Å².